The first kappa shape index (κ1) is 17.6. The Labute approximate surface area is 153 Å². The van der Waals surface area contributed by atoms with Crippen molar-refractivity contribution in [3.05, 3.63) is 51.7 Å². The van der Waals surface area contributed by atoms with Crippen molar-refractivity contribution in [1.82, 2.24) is 9.88 Å². The molecule has 0 spiro atoms. The Morgan fingerprint density at radius 3 is 2.80 bits per heavy atom. The van der Waals surface area contributed by atoms with Crippen LogP contribution in [0.2, 0.25) is 0 Å². The fourth-order valence-electron chi connectivity index (χ4n) is 2.43. The molecule has 0 radical (unpaired) electrons. The van der Waals surface area contributed by atoms with Crippen LogP contribution in [0.25, 0.3) is 10.2 Å². The Hall–Kier alpha value is -2.25. The maximum Gasteiger partial charge on any atom is 0.311 e. The van der Waals surface area contributed by atoms with Gasteiger partial charge in [0.25, 0.3) is 5.91 Å². The summed E-state index contributed by atoms with van der Waals surface area (Å²) in [4.78, 5) is 30.4. The molecule has 0 aliphatic rings. The average molecular weight is 374 g/mol. The molecule has 2 heterocycles. The van der Waals surface area contributed by atoms with E-state index in [0.717, 1.165) is 20.8 Å². The Morgan fingerprint density at radius 2 is 2.08 bits per heavy atom. The number of benzene rings is 1. The van der Waals surface area contributed by atoms with Gasteiger partial charge in [-0.2, -0.15) is 11.3 Å². The van der Waals surface area contributed by atoms with Crippen LogP contribution in [0.4, 0.5) is 0 Å². The van der Waals surface area contributed by atoms with Gasteiger partial charge in [-0.1, -0.05) is 12.1 Å². The molecule has 0 fully saturated rings. The highest BCUT2D eigenvalue weighted by atomic mass is 32.1. The number of ether oxygens (including phenoxy) is 1. The second kappa shape index (κ2) is 7.76. The second-order valence-corrected chi connectivity index (χ2v) is 7.61. The molecule has 0 saturated carbocycles. The van der Waals surface area contributed by atoms with Crippen LogP contribution in [0, 0.1) is 0 Å². The van der Waals surface area contributed by atoms with Gasteiger partial charge in [-0.25, -0.2) is 4.98 Å². The molecule has 25 heavy (non-hydrogen) atoms. The molecule has 7 heteroatoms. The quantitative estimate of drug-likeness (QED) is 0.620. The first-order valence-corrected chi connectivity index (χ1v) is 9.59. The predicted molar refractivity (Wildman–Crippen MR) is 99.7 cm³/mol. The minimum Gasteiger partial charge on any atom is -0.452 e. The van der Waals surface area contributed by atoms with Crippen LogP contribution in [0.3, 0.4) is 0 Å². The summed E-state index contributed by atoms with van der Waals surface area (Å²) in [5.41, 5.74) is 1.83. The summed E-state index contributed by atoms with van der Waals surface area (Å²) in [7, 11) is 1.69. The van der Waals surface area contributed by atoms with E-state index in [2.05, 4.69) is 4.98 Å². The van der Waals surface area contributed by atoms with Gasteiger partial charge in [-0.3, -0.25) is 9.59 Å². The third-order valence-corrected chi connectivity index (χ3v) is 5.42. The predicted octanol–water partition coefficient (Wildman–Crippen LogP) is 3.49. The number of thiazole rings is 1. The van der Waals surface area contributed by atoms with Crippen LogP contribution < -0.4 is 0 Å². The largest absolute Gasteiger partial charge is 0.452 e. The lowest BCUT2D eigenvalue weighted by Gasteiger charge is -2.20. The number of para-hydroxylation sites is 1. The summed E-state index contributed by atoms with van der Waals surface area (Å²) in [6, 6.07) is 9.74. The van der Waals surface area contributed by atoms with Gasteiger partial charge in [0.1, 0.15) is 5.01 Å². The van der Waals surface area contributed by atoms with E-state index in [-0.39, 0.29) is 12.3 Å². The molecule has 1 amide bonds. The van der Waals surface area contributed by atoms with Crippen molar-refractivity contribution in [1.29, 1.82) is 0 Å². The van der Waals surface area contributed by atoms with E-state index in [0.29, 0.717) is 6.54 Å². The van der Waals surface area contributed by atoms with Gasteiger partial charge in [-0.15, -0.1) is 11.3 Å². The van der Waals surface area contributed by atoms with Crippen molar-refractivity contribution in [2.75, 3.05) is 7.05 Å². The van der Waals surface area contributed by atoms with E-state index in [4.69, 9.17) is 4.74 Å². The SMILES string of the molecule is C[C@H](OC(=O)Cc1ccsc1)C(=O)N(C)Cc1nc2ccccc2s1. The monoisotopic (exact) mass is 374 g/mol. The normalized spacial score (nSPS) is 12.1. The lowest BCUT2D eigenvalue weighted by molar-refractivity contribution is -0.158. The molecule has 1 aromatic carbocycles. The zero-order valence-electron chi connectivity index (χ0n) is 14.0. The van der Waals surface area contributed by atoms with Crippen LogP contribution >= 0.6 is 22.7 Å². The van der Waals surface area contributed by atoms with Crippen molar-refractivity contribution in [2.45, 2.75) is 26.0 Å². The summed E-state index contributed by atoms with van der Waals surface area (Å²) in [5, 5.41) is 4.66. The third-order valence-electron chi connectivity index (χ3n) is 3.67. The van der Waals surface area contributed by atoms with E-state index in [1.165, 1.54) is 11.3 Å². The van der Waals surface area contributed by atoms with E-state index < -0.39 is 12.1 Å². The number of hydrogen-bond donors (Lipinski definition) is 0. The highest BCUT2D eigenvalue weighted by Crippen LogP contribution is 2.22. The molecule has 1 atom stereocenters. The Kier molecular flexibility index (Phi) is 5.45. The van der Waals surface area contributed by atoms with Crippen LogP contribution in [-0.4, -0.2) is 34.9 Å². The van der Waals surface area contributed by atoms with E-state index in [1.807, 2.05) is 41.1 Å². The third kappa shape index (κ3) is 4.43. The topological polar surface area (TPSA) is 59.5 Å². The molecule has 2 aromatic heterocycles. The molecular formula is C18H18N2O3S2. The van der Waals surface area contributed by atoms with E-state index in [9.17, 15) is 9.59 Å². The maximum atomic E-state index is 12.4. The number of esters is 1. The van der Waals surface area contributed by atoms with Gasteiger partial charge in [0.15, 0.2) is 6.10 Å². The maximum absolute atomic E-state index is 12.4. The van der Waals surface area contributed by atoms with Crippen LogP contribution in [0.15, 0.2) is 41.1 Å². The number of nitrogens with zero attached hydrogens (tertiary/aromatic N) is 2. The van der Waals surface area contributed by atoms with Crippen molar-refractivity contribution in [2.24, 2.45) is 0 Å². The van der Waals surface area contributed by atoms with E-state index >= 15 is 0 Å². The van der Waals surface area contributed by atoms with Gasteiger partial charge in [0.2, 0.25) is 0 Å². The Balaban J connectivity index is 1.56. The summed E-state index contributed by atoms with van der Waals surface area (Å²) in [5.74, 6) is -0.634. The number of hydrogen-bond acceptors (Lipinski definition) is 6. The van der Waals surface area contributed by atoms with Gasteiger partial charge in [0, 0.05) is 7.05 Å². The average Bonchev–Trinajstić information content (AvgIpc) is 3.22. The van der Waals surface area contributed by atoms with Crippen molar-refractivity contribution < 1.29 is 14.3 Å². The summed E-state index contributed by atoms with van der Waals surface area (Å²) >= 11 is 3.09. The standard InChI is InChI=1S/C18H18N2O3S2/c1-12(23-17(21)9-13-7-8-24-11-13)18(22)20(2)10-16-19-14-5-3-4-6-15(14)25-16/h3-8,11-12H,9-10H2,1-2H3/t12-/m0/s1. The van der Waals surface area contributed by atoms with Gasteiger partial charge < -0.3 is 9.64 Å². The summed E-state index contributed by atoms with van der Waals surface area (Å²) < 4.78 is 6.35. The number of fused-ring (bicyclic) bond motifs is 1. The van der Waals surface area contributed by atoms with Crippen molar-refractivity contribution >= 4 is 44.8 Å². The lowest BCUT2D eigenvalue weighted by atomic mass is 10.2. The molecule has 0 bridgehead atoms. The molecule has 0 saturated heterocycles. The summed E-state index contributed by atoms with van der Waals surface area (Å²) in [6.07, 6.45) is -0.631. The van der Waals surface area contributed by atoms with Gasteiger partial charge in [-0.05, 0) is 41.4 Å². The molecule has 3 rings (SSSR count). The van der Waals surface area contributed by atoms with Crippen molar-refractivity contribution in [3.63, 3.8) is 0 Å². The highest BCUT2D eigenvalue weighted by Gasteiger charge is 2.22. The van der Waals surface area contributed by atoms with Gasteiger partial charge in [0.05, 0.1) is 23.2 Å². The first-order valence-electron chi connectivity index (χ1n) is 7.83. The summed E-state index contributed by atoms with van der Waals surface area (Å²) in [6.45, 7) is 1.99. The van der Waals surface area contributed by atoms with E-state index in [1.54, 1.807) is 30.2 Å². The molecular weight excluding hydrogens is 356 g/mol. The van der Waals surface area contributed by atoms with Crippen LogP contribution in [0.5, 0.6) is 0 Å². The molecule has 0 aliphatic carbocycles. The molecule has 130 valence electrons. The minimum absolute atomic E-state index is 0.183. The van der Waals surface area contributed by atoms with Crippen LogP contribution in [-0.2, 0) is 27.3 Å². The fourth-order valence-corrected chi connectivity index (χ4v) is 4.12. The number of thiophene rings is 1. The minimum atomic E-state index is -0.814. The molecule has 0 N–H and O–H groups in total. The molecule has 5 nitrogen and oxygen atoms in total. The molecule has 3 aromatic rings. The number of carbonyl (C=O) groups excluding carboxylic acids is 2. The number of aromatic nitrogens is 1. The zero-order valence-corrected chi connectivity index (χ0v) is 15.6. The Bertz CT molecular complexity index is 840. The molecule has 0 unspecified atom stereocenters. The zero-order chi connectivity index (χ0) is 17.8. The van der Waals surface area contributed by atoms with Gasteiger partial charge >= 0.3 is 5.97 Å². The number of amides is 1. The lowest BCUT2D eigenvalue weighted by Crippen LogP contribution is -2.37. The number of likely N-dealkylation sites (N-methyl/N-ethyl adjacent to an activating group) is 1. The number of rotatable bonds is 6. The molecule has 0 aliphatic heterocycles. The smallest absolute Gasteiger partial charge is 0.311 e. The van der Waals surface area contributed by atoms with Crippen LogP contribution in [0.1, 0.15) is 17.5 Å². The van der Waals surface area contributed by atoms with Crippen molar-refractivity contribution in [3.8, 4) is 0 Å². The fraction of sp³-hybridized carbons (Fsp3) is 0.278. The first-order chi connectivity index (χ1) is 12.0. The highest BCUT2D eigenvalue weighted by molar-refractivity contribution is 7.18. The number of carbonyl (C=O) groups is 2. The second-order valence-electron chi connectivity index (χ2n) is 5.71. The Morgan fingerprint density at radius 1 is 1.28 bits per heavy atom.